The molecule has 4 nitrogen and oxygen atoms in total. The number of hydrogen-bond donors (Lipinski definition) is 0. The molecule has 3 aromatic heterocycles. The summed E-state index contributed by atoms with van der Waals surface area (Å²) < 4.78 is 1.97. The zero-order valence-electron chi connectivity index (χ0n) is 10.1. The van der Waals surface area contributed by atoms with Crippen molar-refractivity contribution < 1.29 is 0 Å². The Morgan fingerprint density at radius 2 is 1.74 bits per heavy atom. The Morgan fingerprint density at radius 1 is 0.895 bits per heavy atom. The van der Waals surface area contributed by atoms with Crippen LogP contribution in [0.25, 0.3) is 27.8 Å². The summed E-state index contributed by atoms with van der Waals surface area (Å²) in [6, 6.07) is 11.8. The second kappa shape index (κ2) is 3.65. The molecular weight excluding hydrogens is 260 g/mol. The Kier molecular flexibility index (Phi) is 2.05. The number of fused-ring (bicyclic) bond motifs is 5. The Morgan fingerprint density at radius 3 is 2.63 bits per heavy atom. The fraction of sp³-hybridized carbons (Fsp3) is 0.0714. The van der Waals surface area contributed by atoms with Crippen LogP contribution in [0.5, 0.6) is 0 Å². The molecule has 0 saturated heterocycles. The van der Waals surface area contributed by atoms with Crippen molar-refractivity contribution in [3.05, 3.63) is 47.2 Å². The highest BCUT2D eigenvalue weighted by Crippen LogP contribution is 2.25. The standard InChI is InChI=1S/C14H9ClN4/c1-8-6-7-10-13(16-8)19-11-5-3-2-4-9(11)18-14(19)12(15)17-10/h2-7H,1H3. The number of hydrogen-bond acceptors (Lipinski definition) is 3. The largest absolute Gasteiger partial charge is 0.272 e. The number of halogens is 1. The van der Waals surface area contributed by atoms with Crippen molar-refractivity contribution in [3.63, 3.8) is 0 Å². The van der Waals surface area contributed by atoms with E-state index in [1.807, 2.05) is 47.7 Å². The van der Waals surface area contributed by atoms with Gasteiger partial charge in [0.25, 0.3) is 0 Å². The highest BCUT2D eigenvalue weighted by Gasteiger charge is 2.13. The van der Waals surface area contributed by atoms with Crippen molar-refractivity contribution in [3.8, 4) is 0 Å². The van der Waals surface area contributed by atoms with Crippen LogP contribution in [0.15, 0.2) is 36.4 Å². The molecule has 0 aliphatic carbocycles. The van der Waals surface area contributed by atoms with Crippen LogP contribution in [0.3, 0.4) is 0 Å². The summed E-state index contributed by atoms with van der Waals surface area (Å²) in [4.78, 5) is 13.5. The van der Waals surface area contributed by atoms with Gasteiger partial charge in [0.1, 0.15) is 5.52 Å². The minimum Gasteiger partial charge on any atom is -0.272 e. The van der Waals surface area contributed by atoms with Gasteiger partial charge in [-0.2, -0.15) is 0 Å². The molecule has 4 rings (SSSR count). The van der Waals surface area contributed by atoms with Crippen molar-refractivity contribution in [2.24, 2.45) is 0 Å². The summed E-state index contributed by atoms with van der Waals surface area (Å²) in [7, 11) is 0. The molecule has 0 bridgehead atoms. The smallest absolute Gasteiger partial charge is 0.177 e. The summed E-state index contributed by atoms with van der Waals surface area (Å²) in [5, 5.41) is 0.398. The molecule has 0 radical (unpaired) electrons. The molecule has 19 heavy (non-hydrogen) atoms. The van der Waals surface area contributed by atoms with E-state index in [-0.39, 0.29) is 0 Å². The van der Waals surface area contributed by atoms with E-state index in [0.29, 0.717) is 10.8 Å². The molecule has 0 saturated carbocycles. The molecule has 3 heterocycles. The molecule has 0 aliphatic heterocycles. The van der Waals surface area contributed by atoms with E-state index in [4.69, 9.17) is 11.6 Å². The number of aryl methyl sites for hydroxylation is 1. The van der Waals surface area contributed by atoms with Gasteiger partial charge in [-0.3, -0.25) is 4.40 Å². The van der Waals surface area contributed by atoms with Gasteiger partial charge in [-0.1, -0.05) is 23.7 Å². The van der Waals surface area contributed by atoms with Crippen molar-refractivity contribution >= 4 is 39.4 Å². The molecule has 4 aromatic rings. The number of para-hydroxylation sites is 2. The van der Waals surface area contributed by atoms with Crippen LogP contribution >= 0.6 is 11.6 Å². The van der Waals surface area contributed by atoms with E-state index in [1.54, 1.807) is 0 Å². The lowest BCUT2D eigenvalue weighted by atomic mass is 10.3. The van der Waals surface area contributed by atoms with Gasteiger partial charge >= 0.3 is 0 Å². The summed E-state index contributed by atoms with van der Waals surface area (Å²) in [5.74, 6) is 0. The van der Waals surface area contributed by atoms with E-state index in [0.717, 1.165) is 27.9 Å². The third-order valence-electron chi connectivity index (χ3n) is 3.17. The molecule has 0 aliphatic rings. The summed E-state index contributed by atoms with van der Waals surface area (Å²) in [6.07, 6.45) is 0. The summed E-state index contributed by atoms with van der Waals surface area (Å²) in [6.45, 7) is 1.96. The lowest BCUT2D eigenvalue weighted by molar-refractivity contribution is 1.14. The summed E-state index contributed by atoms with van der Waals surface area (Å²) in [5.41, 5.74) is 5.02. The summed E-state index contributed by atoms with van der Waals surface area (Å²) >= 11 is 6.23. The molecule has 5 heteroatoms. The van der Waals surface area contributed by atoms with Crippen molar-refractivity contribution in [2.75, 3.05) is 0 Å². The lowest BCUT2D eigenvalue weighted by Gasteiger charge is -2.04. The van der Waals surface area contributed by atoms with Gasteiger partial charge in [-0.25, -0.2) is 15.0 Å². The van der Waals surface area contributed by atoms with Crippen LogP contribution < -0.4 is 0 Å². The fourth-order valence-electron chi connectivity index (χ4n) is 2.32. The van der Waals surface area contributed by atoms with E-state index in [9.17, 15) is 0 Å². The Bertz CT molecular complexity index is 942. The van der Waals surface area contributed by atoms with Crippen LogP contribution in [-0.4, -0.2) is 19.4 Å². The van der Waals surface area contributed by atoms with E-state index in [1.165, 1.54) is 0 Å². The first-order chi connectivity index (χ1) is 9.24. The number of benzene rings is 1. The third-order valence-corrected chi connectivity index (χ3v) is 3.42. The zero-order chi connectivity index (χ0) is 13.0. The first kappa shape index (κ1) is 10.7. The van der Waals surface area contributed by atoms with Crippen LogP contribution in [-0.2, 0) is 0 Å². The molecule has 0 N–H and O–H groups in total. The average Bonchev–Trinajstić information content (AvgIpc) is 2.80. The van der Waals surface area contributed by atoms with Crippen LogP contribution in [0, 0.1) is 6.92 Å². The molecule has 0 atom stereocenters. The van der Waals surface area contributed by atoms with Crippen LogP contribution in [0.4, 0.5) is 0 Å². The van der Waals surface area contributed by atoms with E-state index < -0.39 is 0 Å². The maximum atomic E-state index is 6.23. The number of rotatable bonds is 0. The molecular formula is C14H9ClN4. The first-order valence-electron chi connectivity index (χ1n) is 5.94. The van der Waals surface area contributed by atoms with Gasteiger partial charge in [0.2, 0.25) is 0 Å². The monoisotopic (exact) mass is 268 g/mol. The molecule has 0 amide bonds. The van der Waals surface area contributed by atoms with E-state index >= 15 is 0 Å². The molecule has 0 spiro atoms. The Balaban J connectivity index is 2.38. The first-order valence-corrected chi connectivity index (χ1v) is 6.32. The fourth-order valence-corrected chi connectivity index (χ4v) is 2.54. The van der Waals surface area contributed by atoms with Crippen molar-refractivity contribution in [1.29, 1.82) is 0 Å². The highest BCUT2D eigenvalue weighted by molar-refractivity contribution is 6.32. The molecule has 92 valence electrons. The highest BCUT2D eigenvalue weighted by atomic mass is 35.5. The maximum Gasteiger partial charge on any atom is 0.177 e. The minimum atomic E-state index is 0.398. The Labute approximate surface area is 113 Å². The van der Waals surface area contributed by atoms with Crippen LogP contribution in [0.1, 0.15) is 5.69 Å². The SMILES string of the molecule is Cc1ccc2nc(Cl)c3nc4ccccc4n3c2n1. The molecule has 0 fully saturated rings. The van der Waals surface area contributed by atoms with Gasteiger partial charge in [0.05, 0.1) is 11.0 Å². The predicted molar refractivity (Wildman–Crippen MR) is 75.5 cm³/mol. The van der Waals surface area contributed by atoms with Crippen LogP contribution in [0.2, 0.25) is 5.15 Å². The predicted octanol–water partition coefficient (Wildman–Crippen LogP) is 3.39. The number of nitrogens with zero attached hydrogens (tertiary/aromatic N) is 4. The van der Waals surface area contributed by atoms with E-state index in [2.05, 4.69) is 15.0 Å². The molecule has 1 aromatic carbocycles. The average molecular weight is 269 g/mol. The number of aromatic nitrogens is 4. The van der Waals surface area contributed by atoms with Gasteiger partial charge in [-0.15, -0.1) is 0 Å². The quantitative estimate of drug-likeness (QED) is 0.491. The minimum absolute atomic E-state index is 0.398. The van der Waals surface area contributed by atoms with Crippen molar-refractivity contribution in [1.82, 2.24) is 19.4 Å². The zero-order valence-corrected chi connectivity index (χ0v) is 10.9. The van der Waals surface area contributed by atoms with Gasteiger partial charge in [0.15, 0.2) is 16.4 Å². The lowest BCUT2D eigenvalue weighted by Crippen LogP contribution is -1.96. The number of pyridine rings is 1. The second-order valence-corrected chi connectivity index (χ2v) is 4.82. The van der Waals surface area contributed by atoms with Gasteiger partial charge < -0.3 is 0 Å². The number of imidazole rings is 1. The normalized spacial score (nSPS) is 11.7. The Hall–Kier alpha value is -2.20. The third kappa shape index (κ3) is 1.43. The second-order valence-electron chi connectivity index (χ2n) is 4.46. The van der Waals surface area contributed by atoms with Crippen molar-refractivity contribution in [2.45, 2.75) is 6.92 Å². The van der Waals surface area contributed by atoms with Gasteiger partial charge in [-0.05, 0) is 31.2 Å². The maximum absolute atomic E-state index is 6.23. The molecule has 0 unspecified atom stereocenters. The topological polar surface area (TPSA) is 43.1 Å². The van der Waals surface area contributed by atoms with Gasteiger partial charge in [0, 0.05) is 5.69 Å².